The van der Waals surface area contributed by atoms with Crippen LogP contribution in [0.3, 0.4) is 0 Å². The molecule has 28 heavy (non-hydrogen) atoms. The first-order chi connectivity index (χ1) is 13.2. The number of nitrogens with zero attached hydrogens (tertiary/aromatic N) is 3. The minimum Gasteiger partial charge on any atom is -0.449 e. The standard InChI is InChI=1S/C18H21ClFN3O3S2/c1-18(2)16(25)23(12-7-6-11(9-21)15(28-3)14(12)20)17(27)22(18)8-4-5-13(24)26-10-19/h6-7,17,27H,4-5,8,10H2,1-3H3. The van der Waals surface area contributed by atoms with Crippen molar-refractivity contribution in [1.29, 1.82) is 5.26 Å². The summed E-state index contributed by atoms with van der Waals surface area (Å²) in [6.07, 6.45) is 2.25. The van der Waals surface area contributed by atoms with Crippen LogP contribution in [0.2, 0.25) is 0 Å². The Morgan fingerprint density at radius 1 is 1.50 bits per heavy atom. The molecule has 0 N–H and O–H groups in total. The summed E-state index contributed by atoms with van der Waals surface area (Å²) in [4.78, 5) is 27.8. The molecule has 1 saturated heterocycles. The van der Waals surface area contributed by atoms with E-state index in [9.17, 15) is 9.59 Å². The number of thiol groups is 1. The molecule has 6 nitrogen and oxygen atoms in total. The lowest BCUT2D eigenvalue weighted by molar-refractivity contribution is -0.141. The largest absolute Gasteiger partial charge is 0.449 e. The van der Waals surface area contributed by atoms with E-state index in [1.54, 1.807) is 25.0 Å². The third-order valence-electron chi connectivity index (χ3n) is 4.63. The minimum atomic E-state index is -0.942. The molecule has 0 aromatic heterocycles. The zero-order valence-electron chi connectivity index (χ0n) is 15.7. The Morgan fingerprint density at radius 2 is 2.18 bits per heavy atom. The molecule has 1 aliphatic heterocycles. The summed E-state index contributed by atoms with van der Waals surface area (Å²) in [5.41, 5.74) is -1.37. The van der Waals surface area contributed by atoms with Crippen LogP contribution in [-0.2, 0) is 14.3 Å². The maximum Gasteiger partial charge on any atom is 0.307 e. The Hall–Kier alpha value is -1.47. The maximum absolute atomic E-state index is 15.0. The van der Waals surface area contributed by atoms with E-state index in [1.165, 1.54) is 17.0 Å². The second-order valence-corrected chi connectivity index (χ2v) is 8.09. The number of benzene rings is 1. The molecule has 1 amide bonds. The van der Waals surface area contributed by atoms with Gasteiger partial charge in [-0.2, -0.15) is 5.26 Å². The molecule has 0 aliphatic carbocycles. The van der Waals surface area contributed by atoms with Crippen LogP contribution in [0.25, 0.3) is 0 Å². The Bertz CT molecular complexity index is 816. The van der Waals surface area contributed by atoms with Crippen LogP contribution >= 0.6 is 36.0 Å². The molecule has 152 valence electrons. The van der Waals surface area contributed by atoms with Crippen molar-refractivity contribution in [3.05, 3.63) is 23.5 Å². The fourth-order valence-corrected chi connectivity index (χ4v) is 4.50. The molecule has 1 atom stereocenters. The van der Waals surface area contributed by atoms with Gasteiger partial charge in [0.2, 0.25) is 5.91 Å². The summed E-state index contributed by atoms with van der Waals surface area (Å²) in [6, 6.07) is 4.67. The molecule has 1 aromatic carbocycles. The van der Waals surface area contributed by atoms with Gasteiger partial charge in [0.05, 0.1) is 21.7 Å². The fraction of sp³-hybridized carbons (Fsp3) is 0.500. The quantitative estimate of drug-likeness (QED) is 0.299. The van der Waals surface area contributed by atoms with E-state index in [0.29, 0.717) is 13.0 Å². The van der Waals surface area contributed by atoms with E-state index in [-0.39, 0.29) is 34.5 Å². The highest BCUT2D eigenvalue weighted by atomic mass is 35.5. The first-order valence-corrected chi connectivity index (χ1v) is 10.7. The lowest BCUT2D eigenvalue weighted by Gasteiger charge is -2.31. The molecule has 2 rings (SSSR count). The summed E-state index contributed by atoms with van der Waals surface area (Å²) in [7, 11) is 0. The van der Waals surface area contributed by atoms with Crippen LogP contribution in [0.4, 0.5) is 10.1 Å². The molecule has 10 heteroatoms. The topological polar surface area (TPSA) is 73.6 Å². The molecular weight excluding hydrogens is 425 g/mol. The van der Waals surface area contributed by atoms with Gasteiger partial charge in [0.15, 0.2) is 11.9 Å². The van der Waals surface area contributed by atoms with E-state index in [0.717, 1.165) is 11.8 Å². The van der Waals surface area contributed by atoms with E-state index in [2.05, 4.69) is 12.6 Å². The van der Waals surface area contributed by atoms with Crippen LogP contribution in [0.1, 0.15) is 32.3 Å². The highest BCUT2D eigenvalue weighted by Crippen LogP contribution is 2.40. The van der Waals surface area contributed by atoms with Crippen molar-refractivity contribution < 1.29 is 18.7 Å². The van der Waals surface area contributed by atoms with Crippen LogP contribution in [0.15, 0.2) is 17.0 Å². The highest BCUT2D eigenvalue weighted by Gasteiger charge is 2.51. The average molecular weight is 446 g/mol. The molecule has 1 unspecified atom stereocenters. The molecule has 1 heterocycles. The number of esters is 1. The Labute approximate surface area is 178 Å². The number of alkyl halides is 1. The molecular formula is C18H21ClFN3O3S2. The second-order valence-electron chi connectivity index (χ2n) is 6.59. The maximum atomic E-state index is 15.0. The third kappa shape index (κ3) is 4.25. The van der Waals surface area contributed by atoms with E-state index < -0.39 is 22.8 Å². The first kappa shape index (κ1) is 22.8. The number of thioether (sulfide) groups is 1. The number of ether oxygens (including phenoxy) is 1. The Kier molecular flexibility index (Phi) is 7.62. The van der Waals surface area contributed by atoms with Crippen molar-refractivity contribution >= 4 is 53.6 Å². The summed E-state index contributed by atoms with van der Waals surface area (Å²) in [5.74, 6) is -1.36. The SMILES string of the molecule is CSc1c(C#N)ccc(N2C(=O)C(C)(C)N(CCCC(=O)OCCl)C2S)c1F. The summed E-state index contributed by atoms with van der Waals surface area (Å²) < 4.78 is 19.7. The van der Waals surface area contributed by atoms with Gasteiger partial charge < -0.3 is 4.74 Å². The predicted octanol–water partition coefficient (Wildman–Crippen LogP) is 3.58. The van der Waals surface area contributed by atoms with E-state index in [1.807, 2.05) is 6.07 Å². The van der Waals surface area contributed by atoms with Crippen molar-refractivity contribution in [2.45, 2.75) is 42.6 Å². The zero-order valence-corrected chi connectivity index (χ0v) is 18.2. The summed E-state index contributed by atoms with van der Waals surface area (Å²) in [5, 5.41) is 9.16. The number of carbonyl (C=O) groups is 2. The number of carbonyl (C=O) groups excluding carboxylic acids is 2. The van der Waals surface area contributed by atoms with Crippen molar-refractivity contribution in [3.8, 4) is 6.07 Å². The van der Waals surface area contributed by atoms with Gasteiger partial charge in [0.25, 0.3) is 0 Å². The molecule has 1 aliphatic rings. The van der Waals surface area contributed by atoms with Crippen LogP contribution in [0, 0.1) is 17.1 Å². The van der Waals surface area contributed by atoms with Gasteiger partial charge in [-0.1, -0.05) is 11.6 Å². The second kappa shape index (κ2) is 9.35. The van der Waals surface area contributed by atoms with Crippen LogP contribution in [0.5, 0.6) is 0 Å². The van der Waals surface area contributed by atoms with Crippen molar-refractivity contribution in [2.75, 3.05) is 23.8 Å². The van der Waals surface area contributed by atoms with Crippen LogP contribution in [-0.4, -0.2) is 46.7 Å². The van der Waals surface area contributed by atoms with Crippen LogP contribution < -0.4 is 4.90 Å². The number of amides is 1. The molecule has 1 aromatic rings. The predicted molar refractivity (Wildman–Crippen MR) is 110 cm³/mol. The van der Waals surface area contributed by atoms with Crippen molar-refractivity contribution in [1.82, 2.24) is 4.90 Å². The third-order valence-corrected chi connectivity index (χ3v) is 6.05. The normalized spacial score (nSPS) is 19.0. The van der Waals surface area contributed by atoms with Gasteiger partial charge in [-0.15, -0.1) is 24.4 Å². The molecule has 0 spiro atoms. The lowest BCUT2D eigenvalue weighted by atomic mass is 10.0. The Balaban J connectivity index is 2.29. The molecule has 0 saturated carbocycles. The zero-order chi connectivity index (χ0) is 21.1. The van der Waals surface area contributed by atoms with Gasteiger partial charge in [-0.25, -0.2) is 4.39 Å². The molecule has 0 bridgehead atoms. The highest BCUT2D eigenvalue weighted by molar-refractivity contribution is 7.98. The lowest BCUT2D eigenvalue weighted by Crippen LogP contribution is -2.45. The van der Waals surface area contributed by atoms with Gasteiger partial charge in [0.1, 0.15) is 11.6 Å². The smallest absolute Gasteiger partial charge is 0.307 e. The number of halogens is 2. The summed E-state index contributed by atoms with van der Waals surface area (Å²) >= 11 is 11.0. The average Bonchev–Trinajstić information content (AvgIpc) is 2.81. The van der Waals surface area contributed by atoms with Crippen molar-refractivity contribution in [2.24, 2.45) is 0 Å². The van der Waals surface area contributed by atoms with Gasteiger partial charge in [0, 0.05) is 13.0 Å². The van der Waals surface area contributed by atoms with E-state index in [4.69, 9.17) is 21.6 Å². The first-order valence-electron chi connectivity index (χ1n) is 8.47. The van der Waals surface area contributed by atoms with Gasteiger partial charge in [-0.3, -0.25) is 19.4 Å². The monoisotopic (exact) mass is 445 g/mol. The number of nitriles is 1. The number of rotatable bonds is 7. The fourth-order valence-electron chi connectivity index (χ4n) is 3.13. The van der Waals surface area contributed by atoms with E-state index >= 15 is 4.39 Å². The molecule has 0 radical (unpaired) electrons. The summed E-state index contributed by atoms with van der Waals surface area (Å²) in [6.45, 7) is 3.84. The molecule has 1 fully saturated rings. The Morgan fingerprint density at radius 3 is 2.75 bits per heavy atom. The number of hydrogen-bond acceptors (Lipinski definition) is 7. The van der Waals surface area contributed by atoms with Crippen molar-refractivity contribution in [3.63, 3.8) is 0 Å². The van der Waals surface area contributed by atoms with Gasteiger partial charge >= 0.3 is 5.97 Å². The number of hydrogen-bond donors (Lipinski definition) is 1. The minimum absolute atomic E-state index is 0.0745. The number of anilines is 1. The van der Waals surface area contributed by atoms with Gasteiger partial charge in [-0.05, 0) is 38.7 Å².